The average molecular weight is 361 g/mol. The van der Waals surface area contributed by atoms with Gasteiger partial charge < -0.3 is 5.32 Å². The van der Waals surface area contributed by atoms with Crippen LogP contribution in [0.2, 0.25) is 0 Å². The van der Waals surface area contributed by atoms with Crippen LogP contribution in [0.15, 0.2) is 47.6 Å². The number of likely N-dealkylation sites (N-methyl/N-ethyl adjacent to an activating group) is 1. The summed E-state index contributed by atoms with van der Waals surface area (Å²) in [7, 11) is -2.31. The van der Waals surface area contributed by atoms with Crippen LogP contribution in [-0.4, -0.2) is 37.2 Å². The molecule has 1 unspecified atom stereocenters. The molecule has 1 amide bonds. The zero-order valence-electron chi connectivity index (χ0n) is 14.9. The van der Waals surface area contributed by atoms with Crippen molar-refractivity contribution in [1.82, 2.24) is 14.6 Å². The van der Waals surface area contributed by atoms with E-state index in [-0.39, 0.29) is 23.4 Å². The fourth-order valence-corrected chi connectivity index (χ4v) is 3.58. The maximum atomic E-state index is 12.6. The molecule has 1 atom stereocenters. The van der Waals surface area contributed by atoms with E-state index in [1.807, 2.05) is 20.8 Å². The summed E-state index contributed by atoms with van der Waals surface area (Å²) in [6.45, 7) is 5.37. The summed E-state index contributed by atoms with van der Waals surface area (Å²) in [5.74, 6) is -0.362. The van der Waals surface area contributed by atoms with Crippen LogP contribution in [0.3, 0.4) is 0 Å². The number of benzene rings is 1. The monoisotopic (exact) mass is 361 g/mol. The topological polar surface area (TPSA) is 79.4 Å². The minimum Gasteiger partial charge on any atom is -0.348 e. The number of hydrogen-bond acceptors (Lipinski definition) is 4. The molecule has 7 heteroatoms. The maximum Gasteiger partial charge on any atom is 0.243 e. The Morgan fingerprint density at radius 3 is 2.40 bits per heavy atom. The Morgan fingerprint density at radius 2 is 1.80 bits per heavy atom. The van der Waals surface area contributed by atoms with Crippen molar-refractivity contribution >= 4 is 15.9 Å². The van der Waals surface area contributed by atoms with E-state index in [0.29, 0.717) is 0 Å². The zero-order chi connectivity index (χ0) is 18.6. The lowest BCUT2D eigenvalue weighted by molar-refractivity contribution is -0.121. The number of sulfonamides is 1. The fourth-order valence-electron chi connectivity index (χ4n) is 2.36. The number of rotatable bonds is 6. The first kappa shape index (κ1) is 19.1. The second-order valence-corrected chi connectivity index (χ2v) is 8.12. The van der Waals surface area contributed by atoms with Crippen molar-refractivity contribution in [2.24, 2.45) is 0 Å². The van der Waals surface area contributed by atoms with E-state index < -0.39 is 10.0 Å². The summed E-state index contributed by atoms with van der Waals surface area (Å²) in [5.41, 5.74) is 2.82. The summed E-state index contributed by atoms with van der Waals surface area (Å²) >= 11 is 0. The van der Waals surface area contributed by atoms with Gasteiger partial charge in [0, 0.05) is 19.4 Å². The number of aromatic nitrogens is 1. The van der Waals surface area contributed by atoms with Gasteiger partial charge in [0.1, 0.15) is 0 Å². The fraction of sp³-hybridized carbons (Fsp3) is 0.333. The molecule has 0 saturated carbocycles. The Hall–Kier alpha value is -2.25. The molecule has 1 heterocycles. The highest BCUT2D eigenvalue weighted by atomic mass is 32.2. The molecular weight excluding hydrogens is 338 g/mol. The van der Waals surface area contributed by atoms with E-state index in [4.69, 9.17) is 0 Å². The van der Waals surface area contributed by atoms with Crippen molar-refractivity contribution in [2.75, 3.05) is 13.6 Å². The van der Waals surface area contributed by atoms with E-state index in [0.717, 1.165) is 21.0 Å². The number of nitrogens with zero attached hydrogens (tertiary/aromatic N) is 2. The molecule has 1 aromatic carbocycles. The van der Waals surface area contributed by atoms with Gasteiger partial charge in [-0.1, -0.05) is 6.07 Å². The maximum absolute atomic E-state index is 12.6. The van der Waals surface area contributed by atoms with Gasteiger partial charge in [0.05, 0.1) is 17.5 Å². The lowest BCUT2D eigenvalue weighted by atomic mass is 10.1. The van der Waals surface area contributed by atoms with Crippen LogP contribution in [0.5, 0.6) is 0 Å². The predicted molar refractivity (Wildman–Crippen MR) is 96.5 cm³/mol. The Bertz CT molecular complexity index is 851. The quantitative estimate of drug-likeness (QED) is 0.855. The van der Waals surface area contributed by atoms with Crippen LogP contribution in [0.25, 0.3) is 0 Å². The van der Waals surface area contributed by atoms with Crippen LogP contribution < -0.4 is 5.32 Å². The van der Waals surface area contributed by atoms with Gasteiger partial charge in [-0.25, -0.2) is 8.42 Å². The molecule has 0 aliphatic carbocycles. The predicted octanol–water partition coefficient (Wildman–Crippen LogP) is 2.20. The molecule has 0 aliphatic rings. The summed E-state index contributed by atoms with van der Waals surface area (Å²) in [6, 6.07) is 8.33. The van der Waals surface area contributed by atoms with Crippen LogP contribution in [0.4, 0.5) is 0 Å². The Morgan fingerprint density at radius 1 is 1.16 bits per heavy atom. The van der Waals surface area contributed by atoms with E-state index in [2.05, 4.69) is 10.3 Å². The molecule has 0 saturated heterocycles. The first-order valence-electron chi connectivity index (χ1n) is 7.94. The van der Waals surface area contributed by atoms with Gasteiger partial charge in [0.15, 0.2) is 0 Å². The second-order valence-electron chi connectivity index (χ2n) is 6.08. The number of pyridine rings is 1. The van der Waals surface area contributed by atoms with Crippen molar-refractivity contribution in [2.45, 2.75) is 31.7 Å². The van der Waals surface area contributed by atoms with Crippen LogP contribution in [-0.2, 0) is 14.8 Å². The summed E-state index contributed by atoms with van der Waals surface area (Å²) in [6.07, 6.45) is 3.29. The average Bonchev–Trinajstić information content (AvgIpc) is 2.57. The first-order chi connectivity index (χ1) is 11.7. The van der Waals surface area contributed by atoms with Crippen molar-refractivity contribution in [3.05, 3.63) is 59.4 Å². The molecular formula is C18H23N3O3S. The number of hydrogen-bond donors (Lipinski definition) is 1. The van der Waals surface area contributed by atoms with Crippen molar-refractivity contribution < 1.29 is 13.2 Å². The van der Waals surface area contributed by atoms with Crippen molar-refractivity contribution in [1.29, 1.82) is 0 Å². The third-order valence-electron chi connectivity index (χ3n) is 4.14. The van der Waals surface area contributed by atoms with E-state index in [1.54, 1.807) is 42.7 Å². The van der Waals surface area contributed by atoms with Gasteiger partial charge in [0.2, 0.25) is 15.9 Å². The summed E-state index contributed by atoms with van der Waals surface area (Å²) < 4.78 is 26.3. The third kappa shape index (κ3) is 4.64. The third-order valence-corrected chi connectivity index (χ3v) is 5.94. The number of nitrogens with one attached hydrogen (secondary N) is 1. The largest absolute Gasteiger partial charge is 0.348 e. The van der Waals surface area contributed by atoms with Crippen molar-refractivity contribution in [3.8, 4) is 0 Å². The Labute approximate surface area is 148 Å². The molecule has 0 spiro atoms. The first-order valence-corrected chi connectivity index (χ1v) is 9.38. The molecule has 2 aromatic rings. The lowest BCUT2D eigenvalue weighted by Crippen LogP contribution is -2.39. The molecule has 1 N–H and O–H groups in total. The molecule has 1 aromatic heterocycles. The van der Waals surface area contributed by atoms with Gasteiger partial charge >= 0.3 is 0 Å². The van der Waals surface area contributed by atoms with Gasteiger partial charge in [-0.3, -0.25) is 9.78 Å². The van der Waals surface area contributed by atoms with Crippen LogP contribution in [0.1, 0.15) is 29.7 Å². The number of aryl methyl sites for hydroxylation is 2. The smallest absolute Gasteiger partial charge is 0.243 e. The molecule has 0 aliphatic heterocycles. The molecule has 0 fully saturated rings. The highest BCUT2D eigenvalue weighted by molar-refractivity contribution is 7.89. The Kier molecular flexibility index (Phi) is 5.92. The standard InChI is InChI=1S/C18H23N3O3S/c1-13-5-6-17(11-14(13)2)25(23,24)21(4)12-18(22)20-15(3)16-7-9-19-10-8-16/h5-11,15H,12H2,1-4H3,(H,20,22). The summed E-state index contributed by atoms with van der Waals surface area (Å²) in [5, 5.41) is 2.80. The van der Waals surface area contributed by atoms with Gasteiger partial charge in [0.25, 0.3) is 0 Å². The highest BCUT2D eigenvalue weighted by Crippen LogP contribution is 2.18. The lowest BCUT2D eigenvalue weighted by Gasteiger charge is -2.19. The van der Waals surface area contributed by atoms with Gasteiger partial charge in [-0.2, -0.15) is 4.31 Å². The number of carbonyl (C=O) groups is 1. The van der Waals surface area contributed by atoms with E-state index in [1.165, 1.54) is 7.05 Å². The highest BCUT2D eigenvalue weighted by Gasteiger charge is 2.24. The minimum absolute atomic E-state index is 0.188. The van der Waals surface area contributed by atoms with E-state index >= 15 is 0 Å². The van der Waals surface area contributed by atoms with Crippen LogP contribution >= 0.6 is 0 Å². The molecule has 6 nitrogen and oxygen atoms in total. The van der Waals surface area contributed by atoms with Crippen LogP contribution in [0, 0.1) is 13.8 Å². The SMILES string of the molecule is Cc1ccc(S(=O)(=O)N(C)CC(=O)NC(C)c2ccncc2)cc1C. The Balaban J connectivity index is 2.06. The zero-order valence-corrected chi connectivity index (χ0v) is 15.7. The second kappa shape index (κ2) is 7.76. The minimum atomic E-state index is -3.71. The molecule has 0 bridgehead atoms. The summed E-state index contributed by atoms with van der Waals surface area (Å²) in [4.78, 5) is 16.3. The molecule has 134 valence electrons. The van der Waals surface area contributed by atoms with Gasteiger partial charge in [-0.15, -0.1) is 0 Å². The number of amides is 1. The van der Waals surface area contributed by atoms with E-state index in [9.17, 15) is 13.2 Å². The van der Waals surface area contributed by atoms with Gasteiger partial charge in [-0.05, 0) is 61.7 Å². The molecule has 25 heavy (non-hydrogen) atoms. The molecule has 2 rings (SSSR count). The number of carbonyl (C=O) groups excluding carboxylic acids is 1. The normalized spacial score (nSPS) is 12.8. The molecule has 0 radical (unpaired) electrons. The van der Waals surface area contributed by atoms with Crippen molar-refractivity contribution in [3.63, 3.8) is 0 Å².